The normalized spacial score (nSPS) is 8.82. The second kappa shape index (κ2) is 10.2. The minimum absolute atomic E-state index is 0. The number of rotatable bonds is 2. The third kappa shape index (κ3) is 6.63. The van der Waals surface area contributed by atoms with Crippen molar-refractivity contribution in [3.8, 4) is 0 Å². The Hall–Kier alpha value is 0.207. The Bertz CT molecular complexity index is 365. The topological polar surface area (TPSA) is 17.1 Å². The molecule has 0 bridgehead atoms. The van der Waals surface area contributed by atoms with Crippen LogP contribution in [0.3, 0.4) is 0 Å². The van der Waals surface area contributed by atoms with Gasteiger partial charge in [0.15, 0.2) is 5.52 Å². The molecule has 1 aromatic rings. The summed E-state index contributed by atoms with van der Waals surface area (Å²) in [6.45, 7) is 9.48. The molecule has 0 radical (unpaired) electrons. The van der Waals surface area contributed by atoms with Gasteiger partial charge in [-0.25, -0.2) is 0 Å². The van der Waals surface area contributed by atoms with E-state index in [9.17, 15) is 4.79 Å². The van der Waals surface area contributed by atoms with E-state index in [1.807, 2.05) is 26.0 Å². The van der Waals surface area contributed by atoms with Crippen molar-refractivity contribution in [1.82, 2.24) is 0 Å². The van der Waals surface area contributed by atoms with Gasteiger partial charge in [-0.1, -0.05) is 40.3 Å². The molecule has 17 heavy (non-hydrogen) atoms. The molecule has 0 aromatic heterocycles. The molecule has 0 fully saturated rings. The van der Waals surface area contributed by atoms with Crippen LogP contribution in [0.25, 0.3) is 0 Å². The van der Waals surface area contributed by atoms with E-state index >= 15 is 0 Å². The maximum Gasteiger partial charge on any atom is 1.00 e. The van der Waals surface area contributed by atoms with Gasteiger partial charge in [-0.3, -0.25) is 4.79 Å². The van der Waals surface area contributed by atoms with E-state index in [1.54, 1.807) is 0 Å². The first kappa shape index (κ1) is 19.5. The number of benzene rings is 1. The minimum atomic E-state index is -0.00694. The Balaban J connectivity index is 0. The number of carbonyl (C=O) groups excluding carboxylic acids is 1. The third-order valence-corrected chi connectivity index (χ3v) is 2.91. The van der Waals surface area contributed by atoms with Crippen LogP contribution >= 0.6 is 20.8 Å². The zero-order valence-corrected chi connectivity index (χ0v) is 13.1. The summed E-state index contributed by atoms with van der Waals surface area (Å²) in [5.74, 6) is 0. The van der Waals surface area contributed by atoms with E-state index < -0.39 is 0 Å². The predicted octanol–water partition coefficient (Wildman–Crippen LogP) is 1.60. The van der Waals surface area contributed by atoms with Gasteiger partial charge in [0.1, 0.15) is 0 Å². The quantitative estimate of drug-likeness (QED) is 0.450. The third-order valence-electron chi connectivity index (χ3n) is 2.21. The first-order chi connectivity index (χ1) is 7.45. The molecular weight excluding hydrogens is 246 g/mol. The number of halogens is 1. The summed E-state index contributed by atoms with van der Waals surface area (Å²) in [6.07, 6.45) is 2.28. The molecule has 0 aliphatic carbocycles. The Morgan fingerprint density at radius 2 is 1.88 bits per heavy atom. The summed E-state index contributed by atoms with van der Waals surface area (Å²) in [5, 5.41) is 0.645. The molecule has 0 heterocycles. The predicted molar refractivity (Wildman–Crippen MR) is 75.2 cm³/mol. The van der Waals surface area contributed by atoms with Crippen molar-refractivity contribution in [1.29, 1.82) is 0 Å². The van der Waals surface area contributed by atoms with Crippen LogP contribution in [0.2, 0.25) is 5.02 Å². The molecule has 0 saturated carbocycles. The summed E-state index contributed by atoms with van der Waals surface area (Å²) < 4.78 is 0. The van der Waals surface area contributed by atoms with E-state index in [2.05, 4.69) is 23.1 Å². The minimum Gasteiger partial charge on any atom is -0.343 e. The van der Waals surface area contributed by atoms with Gasteiger partial charge in [-0.05, 0) is 31.0 Å². The second-order valence-corrected chi connectivity index (χ2v) is 4.51. The molecule has 0 aliphatic rings. The summed E-state index contributed by atoms with van der Waals surface area (Å²) in [4.78, 5) is 11.1. The van der Waals surface area contributed by atoms with Crippen molar-refractivity contribution in [3.63, 3.8) is 0 Å². The largest absolute Gasteiger partial charge is 1.00 e. The molecule has 1 rings (SSSR count). The number of carbonyl (C=O) groups is 1. The van der Waals surface area contributed by atoms with Crippen LogP contribution in [0.1, 0.15) is 41.3 Å². The average Bonchev–Trinajstić information content (AvgIpc) is 2.24. The number of aryl methyl sites for hydroxylation is 1. The monoisotopic (exact) mass is 264 g/mol. The first-order valence-electron chi connectivity index (χ1n) is 5.30. The van der Waals surface area contributed by atoms with Gasteiger partial charge in [0.05, 0.1) is 0 Å². The fourth-order valence-corrected chi connectivity index (χ4v) is 1.80. The fraction of sp³-hybridized carbons (Fsp3) is 0.385. The van der Waals surface area contributed by atoms with Gasteiger partial charge in [0, 0.05) is 10.6 Å². The molecule has 0 N–H and O–H groups in total. The molecular formula is C13H19ClLiOP. The number of hydrogen-bond acceptors (Lipinski definition) is 1. The van der Waals surface area contributed by atoms with Gasteiger partial charge in [0.2, 0.25) is 0 Å². The van der Waals surface area contributed by atoms with Gasteiger partial charge in [-0.15, -0.1) is 0 Å². The fourth-order valence-electron chi connectivity index (χ4n) is 1.20. The molecule has 1 nitrogen and oxygen atoms in total. The molecule has 0 saturated heterocycles. The zero-order valence-electron chi connectivity index (χ0n) is 11.1. The van der Waals surface area contributed by atoms with E-state index in [0.29, 0.717) is 10.6 Å². The molecule has 4 heteroatoms. The van der Waals surface area contributed by atoms with Crippen LogP contribution in [0.4, 0.5) is 0 Å². The van der Waals surface area contributed by atoms with E-state index in [-0.39, 0.29) is 24.4 Å². The van der Waals surface area contributed by atoms with E-state index in [4.69, 9.17) is 11.6 Å². The number of unbranched alkanes of at least 4 members (excludes halogenated alkanes) is 1. The van der Waals surface area contributed by atoms with Gasteiger partial charge in [0.25, 0.3) is 0 Å². The summed E-state index contributed by atoms with van der Waals surface area (Å²) in [5.41, 5.74) is 2.54. The van der Waals surface area contributed by atoms with Crippen molar-refractivity contribution in [2.24, 2.45) is 0 Å². The Morgan fingerprint density at radius 3 is 2.18 bits per heavy atom. The Morgan fingerprint density at radius 1 is 1.41 bits per heavy atom. The van der Waals surface area contributed by atoms with Gasteiger partial charge < -0.3 is 6.92 Å². The molecule has 0 amide bonds. The van der Waals surface area contributed by atoms with Crippen molar-refractivity contribution in [3.05, 3.63) is 40.8 Å². The summed E-state index contributed by atoms with van der Waals surface area (Å²) >= 11 is 5.87. The van der Waals surface area contributed by atoms with Crippen LogP contribution in [0, 0.1) is 20.8 Å². The van der Waals surface area contributed by atoms with Crippen LogP contribution in [-0.4, -0.2) is 5.52 Å². The second-order valence-electron chi connectivity index (χ2n) is 3.58. The first-order valence-corrected chi connectivity index (χ1v) is 6.25. The van der Waals surface area contributed by atoms with E-state index in [0.717, 1.165) is 17.5 Å². The smallest absolute Gasteiger partial charge is 0.343 e. The molecule has 1 unspecified atom stereocenters. The number of hydrogen-bond donors (Lipinski definition) is 0. The van der Waals surface area contributed by atoms with Crippen LogP contribution < -0.4 is 18.9 Å². The Kier molecular flexibility index (Phi) is 11.7. The van der Waals surface area contributed by atoms with E-state index in [1.165, 1.54) is 6.42 Å². The summed E-state index contributed by atoms with van der Waals surface area (Å²) in [6, 6.07) is 3.66. The van der Waals surface area contributed by atoms with Crippen LogP contribution in [0.15, 0.2) is 12.1 Å². The standard InChI is InChI=1S/C9H10ClOP.C4H9.Li/c1-5-3-4-7(10)6(2)8(5)9(11)12;1-3-4-2;/h3-4H,12H2,1-2H3;1,3-4H2,2H3;/q;-1;+1. The van der Waals surface area contributed by atoms with Gasteiger partial charge >= 0.3 is 18.9 Å². The molecule has 1 aromatic carbocycles. The van der Waals surface area contributed by atoms with Crippen LogP contribution in [0.5, 0.6) is 0 Å². The van der Waals surface area contributed by atoms with Crippen molar-refractivity contribution >= 4 is 26.4 Å². The summed E-state index contributed by atoms with van der Waals surface area (Å²) in [7, 11) is 2.17. The van der Waals surface area contributed by atoms with Crippen molar-refractivity contribution in [2.75, 3.05) is 0 Å². The van der Waals surface area contributed by atoms with Crippen molar-refractivity contribution < 1.29 is 23.7 Å². The van der Waals surface area contributed by atoms with Crippen LogP contribution in [-0.2, 0) is 0 Å². The maximum absolute atomic E-state index is 11.1. The Labute approximate surface area is 124 Å². The van der Waals surface area contributed by atoms with Gasteiger partial charge in [-0.2, -0.15) is 6.42 Å². The molecule has 1 atom stereocenters. The zero-order chi connectivity index (χ0) is 12.7. The molecule has 0 spiro atoms. The van der Waals surface area contributed by atoms with Crippen molar-refractivity contribution in [2.45, 2.75) is 33.6 Å². The SMILES string of the molecule is Cc1ccc(Cl)c(C)c1C(=O)P.[CH2-]CCC.[Li+]. The molecule has 90 valence electrons. The molecule has 0 aliphatic heterocycles. The maximum atomic E-state index is 11.1. The average molecular weight is 265 g/mol.